The van der Waals surface area contributed by atoms with Crippen LogP contribution in [0.2, 0.25) is 0 Å². The molecule has 0 amide bonds. The molecule has 3 nitrogen and oxygen atoms in total. The van der Waals surface area contributed by atoms with E-state index in [0.717, 1.165) is 104 Å². The number of anilines is 6. The second-order valence-corrected chi connectivity index (χ2v) is 19.5. The Labute approximate surface area is 430 Å². The maximum atomic E-state index is 14.0. The van der Waals surface area contributed by atoms with Crippen molar-refractivity contribution in [1.82, 2.24) is 0 Å². The van der Waals surface area contributed by atoms with Gasteiger partial charge in [0.15, 0.2) is 5.78 Å². The van der Waals surface area contributed by atoms with E-state index in [0.29, 0.717) is 0 Å². The van der Waals surface area contributed by atoms with Crippen molar-refractivity contribution >= 4 is 64.2 Å². The number of nitrogens with zero attached hydrogens (tertiary/aromatic N) is 2. The van der Waals surface area contributed by atoms with Crippen LogP contribution in [0.1, 0.15) is 139 Å². The molecule has 0 saturated heterocycles. The van der Waals surface area contributed by atoms with Gasteiger partial charge < -0.3 is 9.80 Å². The van der Waals surface area contributed by atoms with E-state index in [4.69, 9.17) is 0 Å². The molecule has 0 saturated carbocycles. The monoisotopic (exact) mass is 943 g/mol. The van der Waals surface area contributed by atoms with Crippen LogP contribution in [-0.2, 0) is 25.7 Å². The molecule has 9 rings (SSSR count). The van der Waals surface area contributed by atoms with E-state index in [2.05, 4.69) is 232 Å². The van der Waals surface area contributed by atoms with Crippen molar-refractivity contribution in [2.45, 2.75) is 105 Å². The molecule has 0 atom stereocenters. The van der Waals surface area contributed by atoms with Crippen molar-refractivity contribution in [2.75, 3.05) is 9.80 Å². The van der Waals surface area contributed by atoms with E-state index in [1.807, 2.05) is 12.1 Å². The van der Waals surface area contributed by atoms with Gasteiger partial charge >= 0.3 is 0 Å². The van der Waals surface area contributed by atoms with Crippen molar-refractivity contribution in [2.24, 2.45) is 0 Å². The lowest BCUT2D eigenvalue weighted by Crippen LogP contribution is -2.10. The number of aryl methyl sites for hydroxylation is 4. The minimum atomic E-state index is 0.0768. The summed E-state index contributed by atoms with van der Waals surface area (Å²) in [5.41, 5.74) is 20.1. The minimum absolute atomic E-state index is 0.0768. The number of hydrogen-bond donors (Lipinski definition) is 0. The van der Waals surface area contributed by atoms with E-state index in [9.17, 15) is 4.79 Å². The van der Waals surface area contributed by atoms with Gasteiger partial charge in [-0.15, -0.1) is 0 Å². The van der Waals surface area contributed by atoms with E-state index in [-0.39, 0.29) is 5.78 Å². The SMILES string of the molecule is CCCCc1ccc(N(c2ccc(/C=C/c3ccc4c(c3)C(=O)c3cc(/C=C/c5ccc(N(c6ccc(CCCC)cc6)c6ccc(CCCC)cc6)cc5)ccc3-4)cc2)c2ccc(CCCC)cc2)cc1. The molecule has 3 heteroatoms. The highest BCUT2D eigenvalue weighted by molar-refractivity contribution is 6.22. The first-order valence-electron chi connectivity index (χ1n) is 26.8. The Bertz CT molecular complexity index is 2770. The minimum Gasteiger partial charge on any atom is -0.311 e. The first kappa shape index (κ1) is 49.5. The van der Waals surface area contributed by atoms with Crippen LogP contribution in [0.4, 0.5) is 34.1 Å². The van der Waals surface area contributed by atoms with Crippen LogP contribution >= 0.6 is 0 Å². The number of carbonyl (C=O) groups is 1. The number of hydrogen-bond acceptors (Lipinski definition) is 3. The number of carbonyl (C=O) groups excluding carboxylic acids is 1. The molecule has 8 aromatic carbocycles. The van der Waals surface area contributed by atoms with Crippen LogP contribution in [0.25, 0.3) is 35.4 Å². The summed E-state index contributed by atoms with van der Waals surface area (Å²) >= 11 is 0. The predicted molar refractivity (Wildman–Crippen MR) is 310 cm³/mol. The second-order valence-electron chi connectivity index (χ2n) is 19.5. The van der Waals surface area contributed by atoms with Gasteiger partial charge in [0.1, 0.15) is 0 Å². The average Bonchev–Trinajstić information content (AvgIpc) is 3.71. The van der Waals surface area contributed by atoms with Crippen molar-refractivity contribution < 1.29 is 4.79 Å². The summed E-state index contributed by atoms with van der Waals surface area (Å²) in [6, 6.07) is 66.3. The Hall–Kier alpha value is -7.49. The summed E-state index contributed by atoms with van der Waals surface area (Å²) in [7, 11) is 0. The molecule has 0 unspecified atom stereocenters. The first-order chi connectivity index (χ1) is 35.4. The zero-order chi connectivity index (χ0) is 49.7. The van der Waals surface area contributed by atoms with Gasteiger partial charge in [-0.3, -0.25) is 4.79 Å². The smallest absolute Gasteiger partial charge is 0.194 e. The van der Waals surface area contributed by atoms with Gasteiger partial charge in [-0.2, -0.15) is 0 Å². The highest BCUT2D eigenvalue weighted by Crippen LogP contribution is 2.40. The quantitative estimate of drug-likeness (QED) is 0.0633. The fourth-order valence-corrected chi connectivity index (χ4v) is 9.84. The lowest BCUT2D eigenvalue weighted by atomic mass is 10.0. The largest absolute Gasteiger partial charge is 0.311 e. The Morgan fingerprint density at radius 2 is 0.528 bits per heavy atom. The molecule has 0 bridgehead atoms. The summed E-state index contributed by atoms with van der Waals surface area (Å²) in [5, 5.41) is 0. The molecule has 362 valence electrons. The molecular weight excluding hydrogens is 873 g/mol. The first-order valence-corrected chi connectivity index (χ1v) is 26.8. The lowest BCUT2D eigenvalue weighted by Gasteiger charge is -2.26. The Balaban J connectivity index is 0.881. The fraction of sp³-hybridized carbons (Fsp3) is 0.232. The number of unbranched alkanes of at least 4 members (excludes halogenated alkanes) is 4. The molecule has 0 heterocycles. The van der Waals surface area contributed by atoms with Crippen molar-refractivity contribution in [3.63, 3.8) is 0 Å². The van der Waals surface area contributed by atoms with E-state index < -0.39 is 0 Å². The van der Waals surface area contributed by atoms with Gasteiger partial charge in [-0.05, 0) is 192 Å². The fourth-order valence-electron chi connectivity index (χ4n) is 9.84. The van der Waals surface area contributed by atoms with E-state index in [1.54, 1.807) is 0 Å². The van der Waals surface area contributed by atoms with Crippen LogP contribution in [0.5, 0.6) is 0 Å². The number of benzene rings is 8. The lowest BCUT2D eigenvalue weighted by molar-refractivity contribution is 0.104. The highest BCUT2D eigenvalue weighted by Gasteiger charge is 2.27. The van der Waals surface area contributed by atoms with Crippen LogP contribution in [-0.4, -0.2) is 5.78 Å². The molecule has 0 radical (unpaired) electrons. The molecule has 0 N–H and O–H groups in total. The summed E-state index contributed by atoms with van der Waals surface area (Å²) in [6.45, 7) is 8.99. The summed E-state index contributed by atoms with van der Waals surface area (Å²) in [4.78, 5) is 18.7. The van der Waals surface area contributed by atoms with Gasteiger partial charge in [0.05, 0.1) is 0 Å². The molecule has 0 fully saturated rings. The van der Waals surface area contributed by atoms with Gasteiger partial charge in [-0.25, -0.2) is 0 Å². The maximum absolute atomic E-state index is 14.0. The third-order valence-electron chi connectivity index (χ3n) is 14.2. The van der Waals surface area contributed by atoms with Crippen molar-refractivity contribution in [3.05, 3.63) is 238 Å². The second kappa shape index (κ2) is 24.1. The molecule has 1 aliphatic carbocycles. The number of rotatable bonds is 22. The molecule has 0 aromatic heterocycles. The third-order valence-corrected chi connectivity index (χ3v) is 14.2. The molecule has 0 spiro atoms. The van der Waals surface area contributed by atoms with Crippen molar-refractivity contribution in [1.29, 1.82) is 0 Å². The molecule has 8 aromatic rings. The Kier molecular flexibility index (Phi) is 16.6. The zero-order valence-electron chi connectivity index (χ0n) is 42.9. The van der Waals surface area contributed by atoms with Crippen LogP contribution in [0, 0.1) is 0 Å². The molecule has 0 aliphatic heterocycles. The summed E-state index contributed by atoms with van der Waals surface area (Å²) in [5.74, 6) is 0.0768. The standard InChI is InChI=1S/C69H70N2O/c1-5-9-13-51-21-35-59(36-22-51)70(60-37-23-52(24-38-60)14-10-6-2)63-43-29-55(30-44-63)17-19-57-33-47-65-66-48-34-58(50-68(66)69(72)67(65)49-57)20-18-56-31-45-64(46-32-56)71(61-39-25-53(26-40-61)15-11-7-3)62-41-27-54(28-42-62)16-12-8-4/h17-50H,5-16H2,1-4H3/b19-17+,20-18+. The predicted octanol–water partition coefficient (Wildman–Crippen LogP) is 19.5. The zero-order valence-corrected chi connectivity index (χ0v) is 42.9. The number of fused-ring (bicyclic) bond motifs is 3. The van der Waals surface area contributed by atoms with Gasteiger partial charge in [0.25, 0.3) is 0 Å². The van der Waals surface area contributed by atoms with E-state index >= 15 is 0 Å². The van der Waals surface area contributed by atoms with Crippen LogP contribution < -0.4 is 9.80 Å². The van der Waals surface area contributed by atoms with Crippen LogP contribution in [0.3, 0.4) is 0 Å². The summed E-state index contributed by atoms with van der Waals surface area (Å²) < 4.78 is 0. The van der Waals surface area contributed by atoms with Gasteiger partial charge in [0.2, 0.25) is 0 Å². The average molecular weight is 943 g/mol. The van der Waals surface area contributed by atoms with E-state index in [1.165, 1.54) is 73.6 Å². The van der Waals surface area contributed by atoms with Gasteiger partial charge in [0, 0.05) is 45.3 Å². The molecular formula is C69H70N2O. The molecule has 1 aliphatic rings. The topological polar surface area (TPSA) is 23.6 Å². The highest BCUT2D eigenvalue weighted by atomic mass is 16.1. The summed E-state index contributed by atoms with van der Waals surface area (Å²) in [6.07, 6.45) is 22.5. The van der Waals surface area contributed by atoms with Crippen molar-refractivity contribution in [3.8, 4) is 11.1 Å². The Morgan fingerprint density at radius 1 is 0.292 bits per heavy atom. The Morgan fingerprint density at radius 3 is 0.792 bits per heavy atom. The maximum Gasteiger partial charge on any atom is 0.194 e. The van der Waals surface area contributed by atoms with Gasteiger partial charge in [-0.1, -0.05) is 175 Å². The number of ketones is 1. The third kappa shape index (κ3) is 12.0. The van der Waals surface area contributed by atoms with Crippen LogP contribution in [0.15, 0.2) is 182 Å². The normalized spacial score (nSPS) is 11.9. The molecule has 72 heavy (non-hydrogen) atoms.